The Labute approximate surface area is 123 Å². The molecule has 2 heterocycles. The minimum atomic E-state index is 0.143. The van der Waals surface area contributed by atoms with Crippen LogP contribution in [0.25, 0.3) is 0 Å². The highest BCUT2D eigenvalue weighted by Crippen LogP contribution is 2.24. The Morgan fingerprint density at radius 2 is 2.00 bits per heavy atom. The number of carbonyl (C=O) groups is 1. The van der Waals surface area contributed by atoms with E-state index in [9.17, 15) is 4.79 Å². The van der Waals surface area contributed by atoms with E-state index < -0.39 is 0 Å². The molecule has 1 atom stereocenters. The predicted octanol–water partition coefficient (Wildman–Crippen LogP) is 1.90. The van der Waals surface area contributed by atoms with Crippen LogP contribution in [-0.4, -0.2) is 49.1 Å². The van der Waals surface area contributed by atoms with Crippen LogP contribution in [-0.2, 0) is 4.79 Å². The Bertz CT molecular complexity index is 289. The van der Waals surface area contributed by atoms with Crippen molar-refractivity contribution in [3.05, 3.63) is 0 Å². The van der Waals surface area contributed by atoms with E-state index in [0.29, 0.717) is 6.04 Å². The maximum atomic E-state index is 12.4. The highest BCUT2D eigenvalue weighted by atomic mass is 16.2. The van der Waals surface area contributed by atoms with Gasteiger partial charge in [-0.3, -0.25) is 9.69 Å². The third kappa shape index (κ3) is 4.45. The molecule has 1 amide bonds. The molecule has 0 aliphatic carbocycles. The molecular formula is C16H31N3O. The van der Waals surface area contributed by atoms with Crippen LogP contribution in [0.1, 0.15) is 58.3 Å². The Morgan fingerprint density at radius 1 is 1.20 bits per heavy atom. The van der Waals surface area contributed by atoms with Crippen LogP contribution in [0.15, 0.2) is 0 Å². The summed E-state index contributed by atoms with van der Waals surface area (Å²) >= 11 is 0. The zero-order chi connectivity index (χ0) is 14.2. The number of hydrogen-bond acceptors (Lipinski definition) is 3. The number of amides is 1. The van der Waals surface area contributed by atoms with E-state index in [2.05, 4.69) is 22.5 Å². The summed E-state index contributed by atoms with van der Waals surface area (Å²) in [6.45, 7) is 6.39. The summed E-state index contributed by atoms with van der Waals surface area (Å²) in [7, 11) is 0. The summed E-state index contributed by atoms with van der Waals surface area (Å²) in [5, 5.41) is 6.57. The number of unbranched alkanes of at least 4 members (excludes halogenated alkanes) is 3. The second kappa shape index (κ2) is 8.63. The molecule has 2 rings (SSSR count). The van der Waals surface area contributed by atoms with Crippen molar-refractivity contribution in [2.75, 3.05) is 26.2 Å². The number of likely N-dealkylation sites (tertiary alicyclic amines) is 1. The number of nitrogens with one attached hydrogen (secondary N) is 2. The van der Waals surface area contributed by atoms with E-state index in [1.807, 2.05) is 0 Å². The minimum Gasteiger partial charge on any atom is -0.355 e. The number of carbonyl (C=O) groups excluding carboxylic acids is 1. The summed E-state index contributed by atoms with van der Waals surface area (Å²) < 4.78 is 0. The largest absolute Gasteiger partial charge is 0.355 e. The number of nitrogens with zero attached hydrogens (tertiary/aromatic N) is 1. The lowest BCUT2D eigenvalue weighted by Gasteiger charge is -2.35. The molecule has 20 heavy (non-hydrogen) atoms. The van der Waals surface area contributed by atoms with Crippen molar-refractivity contribution < 1.29 is 4.79 Å². The van der Waals surface area contributed by atoms with Gasteiger partial charge in [0.2, 0.25) is 5.91 Å². The lowest BCUT2D eigenvalue weighted by Crippen LogP contribution is -2.50. The quantitative estimate of drug-likeness (QED) is 0.701. The van der Waals surface area contributed by atoms with Crippen LogP contribution in [0.3, 0.4) is 0 Å². The fourth-order valence-corrected chi connectivity index (χ4v) is 3.53. The molecule has 0 spiro atoms. The van der Waals surface area contributed by atoms with Crippen molar-refractivity contribution in [2.45, 2.75) is 70.4 Å². The molecule has 0 radical (unpaired) electrons. The van der Waals surface area contributed by atoms with Crippen LogP contribution in [0.2, 0.25) is 0 Å². The van der Waals surface area contributed by atoms with Crippen molar-refractivity contribution in [3.8, 4) is 0 Å². The van der Waals surface area contributed by atoms with Gasteiger partial charge in [0.1, 0.15) is 0 Å². The highest BCUT2D eigenvalue weighted by molar-refractivity contribution is 5.82. The summed E-state index contributed by atoms with van der Waals surface area (Å²) in [5.74, 6) is 0.275. The van der Waals surface area contributed by atoms with Gasteiger partial charge in [0.15, 0.2) is 0 Å². The second-order valence-corrected chi connectivity index (χ2v) is 6.23. The molecular weight excluding hydrogens is 250 g/mol. The van der Waals surface area contributed by atoms with Crippen molar-refractivity contribution in [2.24, 2.45) is 0 Å². The van der Waals surface area contributed by atoms with Crippen molar-refractivity contribution >= 4 is 5.91 Å². The molecule has 0 aromatic carbocycles. The smallest absolute Gasteiger partial charge is 0.237 e. The Hall–Kier alpha value is -0.610. The lowest BCUT2D eigenvalue weighted by atomic mass is 10.0. The van der Waals surface area contributed by atoms with E-state index in [1.54, 1.807) is 0 Å². The van der Waals surface area contributed by atoms with Crippen molar-refractivity contribution in [1.82, 2.24) is 15.5 Å². The molecule has 0 saturated carbocycles. The molecule has 4 nitrogen and oxygen atoms in total. The van der Waals surface area contributed by atoms with Crippen LogP contribution in [0.4, 0.5) is 0 Å². The van der Waals surface area contributed by atoms with E-state index in [4.69, 9.17) is 0 Å². The summed E-state index contributed by atoms with van der Waals surface area (Å²) in [5.41, 5.74) is 0. The van der Waals surface area contributed by atoms with E-state index in [0.717, 1.165) is 39.0 Å². The number of rotatable bonds is 7. The average molecular weight is 281 g/mol. The fraction of sp³-hybridized carbons (Fsp3) is 0.938. The van der Waals surface area contributed by atoms with Gasteiger partial charge in [-0.2, -0.15) is 0 Å². The molecule has 0 bridgehead atoms. The predicted molar refractivity (Wildman–Crippen MR) is 82.8 cm³/mol. The minimum absolute atomic E-state index is 0.143. The van der Waals surface area contributed by atoms with Crippen LogP contribution < -0.4 is 10.6 Å². The molecule has 1 unspecified atom stereocenters. The van der Waals surface area contributed by atoms with E-state index >= 15 is 0 Å². The average Bonchev–Trinajstić information content (AvgIpc) is 2.97. The van der Waals surface area contributed by atoms with Crippen LogP contribution in [0, 0.1) is 0 Å². The molecule has 4 heteroatoms. The topological polar surface area (TPSA) is 44.4 Å². The third-order valence-corrected chi connectivity index (χ3v) is 4.70. The normalized spacial score (nSPS) is 24.9. The Kier molecular flexibility index (Phi) is 6.80. The van der Waals surface area contributed by atoms with Gasteiger partial charge in [-0.15, -0.1) is 0 Å². The molecule has 116 valence electrons. The first-order valence-electron chi connectivity index (χ1n) is 8.57. The van der Waals surface area contributed by atoms with Gasteiger partial charge in [-0.25, -0.2) is 0 Å². The lowest BCUT2D eigenvalue weighted by molar-refractivity contribution is -0.126. The first-order valence-corrected chi connectivity index (χ1v) is 8.57. The Morgan fingerprint density at radius 3 is 2.75 bits per heavy atom. The first-order chi connectivity index (χ1) is 9.83. The summed E-state index contributed by atoms with van der Waals surface area (Å²) in [4.78, 5) is 14.8. The van der Waals surface area contributed by atoms with Gasteiger partial charge in [0.25, 0.3) is 0 Å². The molecule has 2 aliphatic rings. The molecule has 0 aromatic heterocycles. The maximum Gasteiger partial charge on any atom is 0.237 e. The first kappa shape index (κ1) is 15.8. The van der Waals surface area contributed by atoms with Gasteiger partial charge < -0.3 is 10.6 Å². The summed E-state index contributed by atoms with van der Waals surface area (Å²) in [6, 6.07) is 0.763. The molecule has 2 fully saturated rings. The van der Waals surface area contributed by atoms with E-state index in [1.165, 1.54) is 38.5 Å². The Balaban J connectivity index is 1.73. The van der Waals surface area contributed by atoms with E-state index in [-0.39, 0.29) is 11.9 Å². The third-order valence-electron chi connectivity index (χ3n) is 4.70. The van der Waals surface area contributed by atoms with Gasteiger partial charge in [-0.05, 0) is 51.7 Å². The number of hydrogen-bond donors (Lipinski definition) is 2. The summed E-state index contributed by atoms with van der Waals surface area (Å²) in [6.07, 6.45) is 9.50. The van der Waals surface area contributed by atoms with Gasteiger partial charge >= 0.3 is 0 Å². The van der Waals surface area contributed by atoms with Crippen molar-refractivity contribution in [1.29, 1.82) is 0 Å². The zero-order valence-electron chi connectivity index (χ0n) is 13.0. The highest BCUT2D eigenvalue weighted by Gasteiger charge is 2.35. The molecule has 2 saturated heterocycles. The standard InChI is InChI=1S/C16H31N3O/c1-2-3-4-5-10-18-16(20)15-7-6-13-19(15)14-8-11-17-12-9-14/h14-15,17H,2-13H2,1H3,(H,18,20). The van der Waals surface area contributed by atoms with Crippen molar-refractivity contribution in [3.63, 3.8) is 0 Å². The molecule has 0 aromatic rings. The molecule has 2 N–H and O–H groups in total. The van der Waals surface area contributed by atoms with Crippen LogP contribution in [0.5, 0.6) is 0 Å². The monoisotopic (exact) mass is 281 g/mol. The molecule has 2 aliphatic heterocycles. The maximum absolute atomic E-state index is 12.4. The number of piperidine rings is 1. The second-order valence-electron chi connectivity index (χ2n) is 6.23. The van der Waals surface area contributed by atoms with Gasteiger partial charge in [0, 0.05) is 12.6 Å². The fourth-order valence-electron chi connectivity index (χ4n) is 3.53. The van der Waals surface area contributed by atoms with Gasteiger partial charge in [0.05, 0.1) is 6.04 Å². The SMILES string of the molecule is CCCCCCNC(=O)C1CCCN1C1CCNCC1. The van der Waals surface area contributed by atoms with Gasteiger partial charge in [-0.1, -0.05) is 26.2 Å². The zero-order valence-corrected chi connectivity index (χ0v) is 13.0. The van der Waals surface area contributed by atoms with Crippen LogP contribution >= 0.6 is 0 Å².